The largest absolute Gasteiger partial charge is 0.481 e. The molecule has 0 spiro atoms. The van der Waals surface area contributed by atoms with Gasteiger partial charge in [0.2, 0.25) is 0 Å². The Morgan fingerprint density at radius 1 is 1.18 bits per heavy atom. The molecule has 0 aromatic heterocycles. The summed E-state index contributed by atoms with van der Waals surface area (Å²) in [6.45, 7) is 0. The Bertz CT molecular complexity index is 712. The zero-order valence-corrected chi connectivity index (χ0v) is 15.5. The van der Waals surface area contributed by atoms with Gasteiger partial charge in [-0.2, -0.15) is 13.2 Å². The first-order valence-corrected chi connectivity index (χ1v) is 9.47. The van der Waals surface area contributed by atoms with E-state index in [-0.39, 0.29) is 30.5 Å². The molecule has 2 N–H and O–H groups in total. The summed E-state index contributed by atoms with van der Waals surface area (Å²) in [7, 11) is 0. The third-order valence-corrected chi connectivity index (χ3v) is 5.11. The van der Waals surface area contributed by atoms with E-state index in [0.717, 1.165) is 31.4 Å². The number of hydrogen-bond acceptors (Lipinski definition) is 3. The van der Waals surface area contributed by atoms with Crippen molar-refractivity contribution in [3.8, 4) is 0 Å². The van der Waals surface area contributed by atoms with Crippen LogP contribution in [0.25, 0.3) is 6.08 Å². The molecule has 1 fully saturated rings. The first-order chi connectivity index (χ1) is 13.2. The molecule has 0 bridgehead atoms. The third-order valence-electron chi connectivity index (χ3n) is 5.11. The molecular weight excluding hydrogens is 373 g/mol. The van der Waals surface area contributed by atoms with Gasteiger partial charge in [0, 0.05) is 12.3 Å². The van der Waals surface area contributed by atoms with Crippen molar-refractivity contribution in [2.24, 2.45) is 11.8 Å². The van der Waals surface area contributed by atoms with Crippen LogP contribution < -0.4 is 0 Å². The minimum Gasteiger partial charge on any atom is -0.481 e. The van der Waals surface area contributed by atoms with Crippen LogP contribution in [0.3, 0.4) is 0 Å². The van der Waals surface area contributed by atoms with Crippen LogP contribution in [0.2, 0.25) is 0 Å². The molecule has 0 aliphatic heterocycles. The standard InChI is InChI=1S/C21H25F3O4/c22-21(23,24)16-7-5-6-14(12-16)10-11-15-13-18(25)20(28)17(15)8-3-1-2-4-9-19(26)27/h5-7,10-12,15,17-18,25H,1-4,8-9,13H2,(H,26,27). The molecule has 4 nitrogen and oxygen atoms in total. The van der Waals surface area contributed by atoms with E-state index in [9.17, 15) is 27.9 Å². The Balaban J connectivity index is 1.94. The summed E-state index contributed by atoms with van der Waals surface area (Å²) in [6, 6.07) is 4.97. The highest BCUT2D eigenvalue weighted by atomic mass is 19.4. The minimum atomic E-state index is -4.41. The molecule has 1 aromatic carbocycles. The van der Waals surface area contributed by atoms with Crippen molar-refractivity contribution in [2.75, 3.05) is 0 Å². The lowest BCUT2D eigenvalue weighted by atomic mass is 9.89. The van der Waals surface area contributed by atoms with Crippen LogP contribution in [0.5, 0.6) is 0 Å². The van der Waals surface area contributed by atoms with Gasteiger partial charge < -0.3 is 10.2 Å². The molecule has 7 heteroatoms. The maximum atomic E-state index is 12.8. The summed E-state index contributed by atoms with van der Waals surface area (Å²) in [4.78, 5) is 22.7. The fourth-order valence-corrected chi connectivity index (χ4v) is 3.61. The summed E-state index contributed by atoms with van der Waals surface area (Å²) < 4.78 is 38.4. The molecule has 2 rings (SSSR count). The fourth-order valence-electron chi connectivity index (χ4n) is 3.61. The monoisotopic (exact) mass is 398 g/mol. The van der Waals surface area contributed by atoms with Gasteiger partial charge in [-0.15, -0.1) is 0 Å². The summed E-state index contributed by atoms with van der Waals surface area (Å²) in [5.41, 5.74) is -0.328. The van der Waals surface area contributed by atoms with E-state index in [4.69, 9.17) is 5.11 Å². The van der Waals surface area contributed by atoms with Gasteiger partial charge in [-0.25, -0.2) is 0 Å². The predicted octanol–water partition coefficient (Wildman–Crippen LogP) is 4.71. The smallest absolute Gasteiger partial charge is 0.416 e. The summed E-state index contributed by atoms with van der Waals surface area (Å²) >= 11 is 0. The van der Waals surface area contributed by atoms with Crippen LogP contribution in [0, 0.1) is 11.8 Å². The van der Waals surface area contributed by atoms with E-state index in [1.807, 2.05) is 0 Å². The molecule has 0 radical (unpaired) electrons. The van der Waals surface area contributed by atoms with Crippen LogP contribution in [0.1, 0.15) is 56.1 Å². The molecule has 28 heavy (non-hydrogen) atoms. The second-order valence-electron chi connectivity index (χ2n) is 7.25. The number of ketones is 1. The van der Waals surface area contributed by atoms with Gasteiger partial charge in [-0.05, 0) is 42.9 Å². The van der Waals surface area contributed by atoms with Gasteiger partial charge in [-0.1, -0.05) is 43.5 Å². The van der Waals surface area contributed by atoms with Crippen molar-refractivity contribution in [2.45, 2.75) is 57.2 Å². The highest BCUT2D eigenvalue weighted by molar-refractivity contribution is 5.88. The van der Waals surface area contributed by atoms with Crippen LogP contribution in [0.15, 0.2) is 30.3 Å². The lowest BCUT2D eigenvalue weighted by Gasteiger charge is -2.14. The Kier molecular flexibility index (Phi) is 7.80. The lowest BCUT2D eigenvalue weighted by molar-refractivity contribution is -0.138. The maximum Gasteiger partial charge on any atom is 0.416 e. The molecule has 154 valence electrons. The number of rotatable bonds is 9. The van der Waals surface area contributed by atoms with Crippen molar-refractivity contribution >= 4 is 17.8 Å². The van der Waals surface area contributed by atoms with E-state index >= 15 is 0 Å². The molecule has 1 aliphatic carbocycles. The van der Waals surface area contributed by atoms with Gasteiger partial charge in [-0.3, -0.25) is 9.59 Å². The Morgan fingerprint density at radius 2 is 1.89 bits per heavy atom. The summed E-state index contributed by atoms with van der Waals surface area (Å²) in [6.07, 6.45) is 1.75. The molecule has 1 saturated carbocycles. The van der Waals surface area contributed by atoms with Crippen LogP contribution in [-0.2, 0) is 15.8 Å². The van der Waals surface area contributed by atoms with Gasteiger partial charge >= 0.3 is 12.1 Å². The molecule has 0 heterocycles. The number of aliphatic hydroxyl groups excluding tert-OH is 1. The second kappa shape index (κ2) is 9.87. The number of alkyl halides is 3. The van der Waals surface area contributed by atoms with Crippen molar-refractivity contribution in [3.05, 3.63) is 41.5 Å². The number of aliphatic carboxylic acids is 1. The number of carboxylic acid groups (broad SMARTS) is 1. The highest BCUT2D eigenvalue weighted by Crippen LogP contribution is 2.35. The molecule has 0 amide bonds. The lowest BCUT2D eigenvalue weighted by Crippen LogP contribution is -2.19. The molecule has 3 atom stereocenters. The van der Waals surface area contributed by atoms with E-state index in [1.165, 1.54) is 6.07 Å². The fraction of sp³-hybridized carbons (Fsp3) is 0.524. The summed E-state index contributed by atoms with van der Waals surface area (Å²) in [5.74, 6) is -1.61. The average Bonchev–Trinajstić information content (AvgIpc) is 2.89. The molecule has 1 aromatic rings. The Labute approximate surface area is 162 Å². The normalized spacial score (nSPS) is 22.9. The molecule has 0 saturated heterocycles. The van der Waals surface area contributed by atoms with Gasteiger partial charge in [0.1, 0.15) is 6.10 Å². The van der Waals surface area contributed by atoms with Gasteiger partial charge in [0.15, 0.2) is 5.78 Å². The number of carboxylic acids is 1. The minimum absolute atomic E-state index is 0.128. The first kappa shape index (κ1) is 22.1. The van der Waals surface area contributed by atoms with Crippen molar-refractivity contribution < 1.29 is 33.0 Å². The second-order valence-corrected chi connectivity index (χ2v) is 7.25. The van der Waals surface area contributed by atoms with E-state index < -0.39 is 23.8 Å². The number of hydrogen-bond donors (Lipinski definition) is 2. The molecule has 3 unspecified atom stereocenters. The van der Waals surface area contributed by atoms with E-state index in [0.29, 0.717) is 18.4 Å². The number of benzene rings is 1. The van der Waals surface area contributed by atoms with Crippen LogP contribution >= 0.6 is 0 Å². The average molecular weight is 398 g/mol. The zero-order chi connectivity index (χ0) is 20.7. The quantitative estimate of drug-likeness (QED) is 0.591. The Hall–Kier alpha value is -2.15. The number of Topliss-reactive ketones (excluding diaryl/α,β-unsaturated/α-hetero) is 1. The van der Waals surface area contributed by atoms with Crippen molar-refractivity contribution in [3.63, 3.8) is 0 Å². The topological polar surface area (TPSA) is 74.6 Å². The first-order valence-electron chi connectivity index (χ1n) is 9.47. The van der Waals surface area contributed by atoms with E-state index in [1.54, 1.807) is 18.2 Å². The maximum absolute atomic E-state index is 12.8. The van der Waals surface area contributed by atoms with Crippen LogP contribution in [0.4, 0.5) is 13.2 Å². The van der Waals surface area contributed by atoms with E-state index in [2.05, 4.69) is 0 Å². The summed E-state index contributed by atoms with van der Waals surface area (Å²) in [5, 5.41) is 18.5. The zero-order valence-electron chi connectivity index (χ0n) is 15.5. The molecule has 1 aliphatic rings. The van der Waals surface area contributed by atoms with Crippen LogP contribution in [-0.4, -0.2) is 28.1 Å². The van der Waals surface area contributed by atoms with Gasteiger partial charge in [0.05, 0.1) is 5.56 Å². The SMILES string of the molecule is O=C(O)CCCCCCC1C(=O)C(O)CC1C=Cc1cccc(C(F)(F)F)c1. The number of carbonyl (C=O) groups excluding carboxylic acids is 1. The van der Waals surface area contributed by atoms with Crippen molar-refractivity contribution in [1.29, 1.82) is 0 Å². The molecular formula is C21H25F3O4. The number of allylic oxidation sites excluding steroid dienone is 1. The number of carbonyl (C=O) groups is 2. The van der Waals surface area contributed by atoms with Gasteiger partial charge in [0.25, 0.3) is 0 Å². The third kappa shape index (κ3) is 6.48. The van der Waals surface area contributed by atoms with Crippen molar-refractivity contribution in [1.82, 2.24) is 0 Å². The predicted molar refractivity (Wildman–Crippen MR) is 98.4 cm³/mol. The number of unbranched alkanes of at least 4 members (excludes halogenated alkanes) is 3. The number of aliphatic hydroxyl groups is 1. The highest BCUT2D eigenvalue weighted by Gasteiger charge is 2.39. The number of halogens is 3. The Morgan fingerprint density at radius 3 is 2.57 bits per heavy atom.